The molecule has 0 aliphatic heterocycles. The van der Waals surface area contributed by atoms with Crippen LogP contribution in [0.15, 0.2) is 48.9 Å². The Balaban J connectivity index is 2.19. The molecule has 1 aromatic carbocycles. The molecule has 0 aliphatic carbocycles. The van der Waals surface area contributed by atoms with Crippen molar-refractivity contribution in [2.75, 3.05) is 0 Å². The first-order chi connectivity index (χ1) is 8.33. The van der Waals surface area contributed by atoms with Gasteiger partial charge in [0, 0.05) is 34.6 Å². The highest BCUT2D eigenvalue weighted by Gasteiger charge is 2.02. The van der Waals surface area contributed by atoms with Gasteiger partial charge < -0.3 is 0 Å². The minimum Gasteiger partial charge on any atom is -0.265 e. The van der Waals surface area contributed by atoms with E-state index in [4.69, 9.17) is 11.6 Å². The van der Waals surface area contributed by atoms with Crippen LogP contribution in [0.25, 0.3) is 22.3 Å². The molecule has 2 heterocycles. The summed E-state index contributed by atoms with van der Waals surface area (Å²) >= 11 is 5.95. The van der Waals surface area contributed by atoms with E-state index in [1.165, 1.54) is 0 Å². The molecule has 3 nitrogen and oxygen atoms in total. The van der Waals surface area contributed by atoms with Crippen LogP contribution in [0.3, 0.4) is 0 Å². The largest absolute Gasteiger partial charge is 0.265 e. The lowest BCUT2D eigenvalue weighted by atomic mass is 10.2. The Morgan fingerprint density at radius 3 is 2.65 bits per heavy atom. The van der Waals surface area contributed by atoms with Crippen molar-refractivity contribution < 1.29 is 0 Å². The van der Waals surface area contributed by atoms with Crippen molar-refractivity contribution in [3.8, 4) is 11.4 Å². The van der Waals surface area contributed by atoms with Crippen LogP contribution < -0.4 is 0 Å². The third kappa shape index (κ3) is 1.97. The van der Waals surface area contributed by atoms with E-state index in [1.807, 2.05) is 30.3 Å². The van der Waals surface area contributed by atoms with Crippen LogP contribution in [0, 0.1) is 0 Å². The van der Waals surface area contributed by atoms with E-state index >= 15 is 0 Å². The Kier molecular flexibility index (Phi) is 2.46. The zero-order valence-corrected chi connectivity index (χ0v) is 9.59. The van der Waals surface area contributed by atoms with E-state index in [2.05, 4.69) is 15.0 Å². The van der Waals surface area contributed by atoms with Gasteiger partial charge in [0.25, 0.3) is 0 Å². The maximum absolute atomic E-state index is 5.95. The van der Waals surface area contributed by atoms with Crippen LogP contribution in [0.1, 0.15) is 0 Å². The van der Waals surface area contributed by atoms with Crippen LogP contribution in [0.4, 0.5) is 0 Å². The lowest BCUT2D eigenvalue weighted by Crippen LogP contribution is -1.89. The van der Waals surface area contributed by atoms with E-state index in [9.17, 15) is 0 Å². The fourth-order valence-corrected chi connectivity index (χ4v) is 1.80. The Bertz CT molecular complexity index is 668. The van der Waals surface area contributed by atoms with Crippen molar-refractivity contribution in [1.29, 1.82) is 0 Å². The number of rotatable bonds is 1. The average molecular weight is 242 g/mol. The molecule has 0 radical (unpaired) electrons. The second-order valence-corrected chi connectivity index (χ2v) is 4.07. The number of aromatic nitrogens is 3. The molecule has 0 spiro atoms. The lowest BCUT2D eigenvalue weighted by molar-refractivity contribution is 1.21. The number of nitrogens with zero attached hydrogens (tertiary/aromatic N) is 3. The Morgan fingerprint density at radius 2 is 1.82 bits per heavy atom. The number of hydrogen-bond donors (Lipinski definition) is 0. The van der Waals surface area contributed by atoms with E-state index in [0.29, 0.717) is 10.8 Å². The normalized spacial score (nSPS) is 10.6. The monoisotopic (exact) mass is 241 g/mol. The third-order valence-corrected chi connectivity index (χ3v) is 2.72. The number of benzene rings is 1. The molecule has 0 bridgehead atoms. The highest BCUT2D eigenvalue weighted by Crippen LogP contribution is 2.20. The second kappa shape index (κ2) is 4.11. The summed E-state index contributed by atoms with van der Waals surface area (Å²) in [7, 11) is 0. The Hall–Kier alpha value is -2.00. The van der Waals surface area contributed by atoms with Crippen molar-refractivity contribution >= 4 is 22.5 Å². The third-order valence-electron chi connectivity index (χ3n) is 2.48. The van der Waals surface area contributed by atoms with Crippen LogP contribution in [-0.2, 0) is 0 Å². The first-order valence-electron chi connectivity index (χ1n) is 5.16. The Morgan fingerprint density at radius 1 is 1.00 bits per heavy atom. The molecule has 0 aliphatic rings. The van der Waals surface area contributed by atoms with E-state index in [0.717, 1.165) is 16.5 Å². The molecule has 0 saturated heterocycles. The number of hydrogen-bond acceptors (Lipinski definition) is 3. The van der Waals surface area contributed by atoms with E-state index in [1.54, 1.807) is 18.6 Å². The zero-order chi connectivity index (χ0) is 11.7. The average Bonchev–Trinajstić information content (AvgIpc) is 2.39. The molecule has 2 aromatic heterocycles. The van der Waals surface area contributed by atoms with Crippen LogP contribution in [0.5, 0.6) is 0 Å². The van der Waals surface area contributed by atoms with E-state index in [-0.39, 0.29) is 0 Å². The van der Waals surface area contributed by atoms with Crippen LogP contribution in [0.2, 0.25) is 5.02 Å². The summed E-state index contributed by atoms with van der Waals surface area (Å²) in [5.41, 5.74) is 1.79. The summed E-state index contributed by atoms with van der Waals surface area (Å²) in [5, 5.41) is 1.66. The van der Waals surface area contributed by atoms with Crippen molar-refractivity contribution in [2.24, 2.45) is 0 Å². The van der Waals surface area contributed by atoms with Gasteiger partial charge in [-0.25, -0.2) is 9.97 Å². The highest BCUT2D eigenvalue weighted by atomic mass is 35.5. The predicted molar refractivity (Wildman–Crippen MR) is 67.8 cm³/mol. The molecule has 82 valence electrons. The van der Waals surface area contributed by atoms with Gasteiger partial charge in [0.05, 0.1) is 5.52 Å². The molecule has 0 N–H and O–H groups in total. The molecule has 0 atom stereocenters. The van der Waals surface area contributed by atoms with Gasteiger partial charge >= 0.3 is 0 Å². The summed E-state index contributed by atoms with van der Waals surface area (Å²) in [4.78, 5) is 12.8. The van der Waals surface area contributed by atoms with Crippen molar-refractivity contribution in [3.05, 3.63) is 53.9 Å². The first-order valence-corrected chi connectivity index (χ1v) is 5.53. The fraction of sp³-hybridized carbons (Fsp3) is 0. The molecule has 3 aromatic rings. The second-order valence-electron chi connectivity index (χ2n) is 3.63. The Labute approximate surface area is 103 Å². The van der Waals surface area contributed by atoms with Gasteiger partial charge in [-0.15, -0.1) is 0 Å². The standard InChI is InChI=1S/C13H8ClN3/c14-11-2-1-10-8-16-13(17-12(10)7-11)9-3-5-15-6-4-9/h1-8H. The SMILES string of the molecule is Clc1ccc2cnc(-c3ccncc3)nc2c1. The minimum absolute atomic E-state index is 0.678. The van der Waals surface area contributed by atoms with Gasteiger partial charge in [-0.1, -0.05) is 11.6 Å². The maximum atomic E-state index is 5.95. The van der Waals surface area contributed by atoms with Gasteiger partial charge in [-0.3, -0.25) is 4.98 Å². The number of halogens is 1. The molecule has 0 fully saturated rings. The molecule has 0 unspecified atom stereocenters. The quantitative estimate of drug-likeness (QED) is 0.656. The van der Waals surface area contributed by atoms with Crippen LogP contribution >= 0.6 is 11.6 Å². The molecule has 0 amide bonds. The summed E-state index contributed by atoms with van der Waals surface area (Å²) in [5.74, 6) is 0.683. The van der Waals surface area contributed by atoms with Crippen molar-refractivity contribution in [2.45, 2.75) is 0 Å². The predicted octanol–water partition coefficient (Wildman–Crippen LogP) is 3.35. The fourth-order valence-electron chi connectivity index (χ4n) is 1.64. The summed E-state index contributed by atoms with van der Waals surface area (Å²) < 4.78 is 0. The minimum atomic E-state index is 0.678. The topological polar surface area (TPSA) is 38.7 Å². The summed E-state index contributed by atoms with van der Waals surface area (Å²) in [6.07, 6.45) is 5.25. The molecule has 0 saturated carbocycles. The van der Waals surface area contributed by atoms with Crippen LogP contribution in [-0.4, -0.2) is 15.0 Å². The summed E-state index contributed by atoms with van der Waals surface area (Å²) in [6, 6.07) is 9.34. The number of pyridine rings is 1. The smallest absolute Gasteiger partial charge is 0.159 e. The summed E-state index contributed by atoms with van der Waals surface area (Å²) in [6.45, 7) is 0. The highest BCUT2D eigenvalue weighted by molar-refractivity contribution is 6.31. The van der Waals surface area contributed by atoms with E-state index < -0.39 is 0 Å². The first kappa shape index (κ1) is 10.2. The maximum Gasteiger partial charge on any atom is 0.159 e. The van der Waals surface area contributed by atoms with Gasteiger partial charge in [-0.2, -0.15) is 0 Å². The molecule has 3 rings (SSSR count). The molecular formula is C13H8ClN3. The molecular weight excluding hydrogens is 234 g/mol. The van der Waals surface area contributed by atoms with Gasteiger partial charge in [-0.05, 0) is 30.3 Å². The molecule has 4 heteroatoms. The van der Waals surface area contributed by atoms with Crippen molar-refractivity contribution in [3.63, 3.8) is 0 Å². The van der Waals surface area contributed by atoms with Gasteiger partial charge in [0.15, 0.2) is 5.82 Å². The van der Waals surface area contributed by atoms with Crippen molar-refractivity contribution in [1.82, 2.24) is 15.0 Å². The lowest BCUT2D eigenvalue weighted by Gasteiger charge is -2.02. The van der Waals surface area contributed by atoms with Gasteiger partial charge in [0.1, 0.15) is 0 Å². The molecule has 17 heavy (non-hydrogen) atoms. The number of fused-ring (bicyclic) bond motifs is 1. The zero-order valence-electron chi connectivity index (χ0n) is 8.84. The van der Waals surface area contributed by atoms with Gasteiger partial charge in [0.2, 0.25) is 0 Å².